The summed E-state index contributed by atoms with van der Waals surface area (Å²) in [7, 11) is -9.93. The molecular formula is C89H174O17P2. The molecule has 0 aromatic rings. The van der Waals surface area contributed by atoms with Gasteiger partial charge in [0.1, 0.15) is 19.3 Å². The third-order valence-corrected chi connectivity index (χ3v) is 23.3. The Kier molecular flexibility index (Phi) is 80.2. The topological polar surface area (TPSA) is 237 Å². The molecule has 0 fully saturated rings. The van der Waals surface area contributed by atoms with Crippen molar-refractivity contribution in [2.75, 3.05) is 39.6 Å². The lowest BCUT2D eigenvalue weighted by Gasteiger charge is -2.21. The van der Waals surface area contributed by atoms with Gasteiger partial charge in [0.05, 0.1) is 26.4 Å². The summed E-state index contributed by atoms with van der Waals surface area (Å²) in [6.07, 6.45) is 76.4. The van der Waals surface area contributed by atoms with Crippen LogP contribution >= 0.6 is 15.6 Å². The van der Waals surface area contributed by atoms with Crippen LogP contribution in [0.3, 0.4) is 0 Å². The molecule has 19 heteroatoms. The van der Waals surface area contributed by atoms with Crippen molar-refractivity contribution in [3.8, 4) is 0 Å². The number of esters is 4. The standard InChI is InChI=1S/C89H174O17P2/c1-6-10-13-16-19-22-25-28-31-34-36-38-40-43-45-48-51-57-62-67-72-86(91)99-78-84(105-88(93)75-70-65-60-53-50-47-44-41-39-37-35-32-29-26-23-20-17-14-11-7-2)80-103-107(95,96)101-76-83(90)77-102-108(97,98)104-81-85(79-100-87(92)73-68-63-58-55-54-56-61-66-71-82(5)9-4)106-89(94)74-69-64-59-52-49-46-42-33-30-27-24-21-18-15-12-8-3/h82-85,90H,6-81H2,1-5H3,(H,95,96)(H,97,98)/t82?,83-,84-,85-/m1/s1. The Bertz CT molecular complexity index is 2050. The number of unbranched alkanes of at least 4 members (excludes halogenated alkanes) is 60. The van der Waals surface area contributed by atoms with Gasteiger partial charge in [-0.15, -0.1) is 0 Å². The molecule has 0 radical (unpaired) electrons. The van der Waals surface area contributed by atoms with Crippen molar-refractivity contribution in [3.63, 3.8) is 0 Å². The normalized spacial score (nSPS) is 14.0. The molecule has 0 saturated carbocycles. The molecule has 3 unspecified atom stereocenters. The van der Waals surface area contributed by atoms with Gasteiger partial charge in [-0.25, -0.2) is 9.13 Å². The van der Waals surface area contributed by atoms with Crippen LogP contribution in [0.2, 0.25) is 0 Å². The summed E-state index contributed by atoms with van der Waals surface area (Å²) in [6, 6.07) is 0. The van der Waals surface area contributed by atoms with E-state index in [4.69, 9.17) is 37.0 Å². The lowest BCUT2D eigenvalue weighted by Crippen LogP contribution is -2.30. The number of aliphatic hydroxyl groups is 1. The Morgan fingerprint density at radius 3 is 0.657 bits per heavy atom. The molecule has 0 amide bonds. The van der Waals surface area contributed by atoms with Crippen LogP contribution in [0.1, 0.15) is 484 Å². The van der Waals surface area contributed by atoms with Crippen molar-refractivity contribution in [3.05, 3.63) is 0 Å². The summed E-state index contributed by atoms with van der Waals surface area (Å²) in [5.41, 5.74) is 0. The largest absolute Gasteiger partial charge is 0.472 e. The lowest BCUT2D eigenvalue weighted by atomic mass is 9.99. The van der Waals surface area contributed by atoms with Crippen LogP contribution < -0.4 is 0 Å². The fraction of sp³-hybridized carbons (Fsp3) is 0.955. The molecule has 0 aromatic heterocycles. The van der Waals surface area contributed by atoms with Crippen molar-refractivity contribution < 1.29 is 80.2 Å². The maximum atomic E-state index is 13.2. The van der Waals surface area contributed by atoms with E-state index in [9.17, 15) is 43.2 Å². The first kappa shape index (κ1) is 106. The van der Waals surface area contributed by atoms with Crippen molar-refractivity contribution in [2.45, 2.75) is 502 Å². The number of ether oxygens (including phenoxy) is 4. The Labute approximate surface area is 664 Å². The molecule has 6 atom stereocenters. The van der Waals surface area contributed by atoms with Crippen molar-refractivity contribution >= 4 is 39.5 Å². The van der Waals surface area contributed by atoms with E-state index in [2.05, 4.69) is 34.6 Å². The number of hydrogen-bond acceptors (Lipinski definition) is 15. The number of phosphoric ester groups is 2. The summed E-state index contributed by atoms with van der Waals surface area (Å²) in [5.74, 6) is -1.32. The maximum Gasteiger partial charge on any atom is 0.472 e. The predicted octanol–water partition coefficient (Wildman–Crippen LogP) is 27.5. The highest BCUT2D eigenvalue weighted by Crippen LogP contribution is 2.45. The van der Waals surface area contributed by atoms with Crippen LogP contribution in [0.5, 0.6) is 0 Å². The zero-order valence-corrected chi connectivity index (χ0v) is 72.8. The van der Waals surface area contributed by atoms with Gasteiger partial charge in [0.25, 0.3) is 0 Å². The molecule has 108 heavy (non-hydrogen) atoms. The van der Waals surface area contributed by atoms with Crippen molar-refractivity contribution in [2.24, 2.45) is 5.92 Å². The van der Waals surface area contributed by atoms with Crippen molar-refractivity contribution in [1.82, 2.24) is 0 Å². The second-order valence-corrected chi connectivity index (χ2v) is 35.1. The number of hydrogen-bond donors (Lipinski definition) is 3. The van der Waals surface area contributed by atoms with Gasteiger partial charge in [0.2, 0.25) is 0 Å². The van der Waals surface area contributed by atoms with Gasteiger partial charge in [0.15, 0.2) is 12.2 Å². The van der Waals surface area contributed by atoms with Gasteiger partial charge < -0.3 is 33.8 Å². The Balaban J connectivity index is 5.25. The number of phosphoric acid groups is 2. The lowest BCUT2D eigenvalue weighted by molar-refractivity contribution is -0.161. The van der Waals surface area contributed by atoms with Crippen molar-refractivity contribution in [1.29, 1.82) is 0 Å². The number of aliphatic hydroxyl groups excluding tert-OH is 1. The van der Waals surface area contributed by atoms with Gasteiger partial charge in [-0.1, -0.05) is 433 Å². The first-order chi connectivity index (χ1) is 52.6. The first-order valence-electron chi connectivity index (χ1n) is 46.2. The van der Waals surface area contributed by atoms with Gasteiger partial charge >= 0.3 is 39.5 Å². The zero-order valence-electron chi connectivity index (χ0n) is 71.0. The maximum absolute atomic E-state index is 13.2. The summed E-state index contributed by atoms with van der Waals surface area (Å²) in [4.78, 5) is 73.4. The molecule has 3 N–H and O–H groups in total. The highest BCUT2D eigenvalue weighted by atomic mass is 31.2. The van der Waals surface area contributed by atoms with Crippen LogP contribution in [0, 0.1) is 5.92 Å². The van der Waals surface area contributed by atoms with E-state index >= 15 is 0 Å². The van der Waals surface area contributed by atoms with E-state index in [-0.39, 0.29) is 25.7 Å². The number of carbonyl (C=O) groups is 4. The van der Waals surface area contributed by atoms with E-state index in [0.29, 0.717) is 25.7 Å². The summed E-state index contributed by atoms with van der Waals surface area (Å²) < 4.78 is 69.0. The van der Waals surface area contributed by atoms with Crippen LogP contribution in [-0.2, 0) is 65.4 Å². The second kappa shape index (κ2) is 81.6. The molecule has 0 aliphatic rings. The number of rotatable bonds is 89. The fourth-order valence-electron chi connectivity index (χ4n) is 14.0. The van der Waals surface area contributed by atoms with Crippen LogP contribution in [0.25, 0.3) is 0 Å². The SMILES string of the molecule is CCCCCCCCCCCCCCCCCCCCCCC(=O)OC[C@H](COP(=O)(O)OC[C@@H](O)COP(=O)(O)OC[C@@H](COC(=O)CCCCCCCCCCC(C)CC)OC(=O)CCCCCCCCCCCCCCCCCC)OC(=O)CCCCCCCCCCCCCCCCCCCCCC. The predicted molar refractivity (Wildman–Crippen MR) is 446 cm³/mol. The Morgan fingerprint density at radius 1 is 0.259 bits per heavy atom. The van der Waals surface area contributed by atoms with E-state index in [1.807, 2.05) is 0 Å². The van der Waals surface area contributed by atoms with Gasteiger partial charge in [-0.2, -0.15) is 0 Å². The summed E-state index contributed by atoms with van der Waals surface area (Å²) >= 11 is 0. The Morgan fingerprint density at radius 2 is 0.444 bits per heavy atom. The smallest absolute Gasteiger partial charge is 0.462 e. The molecule has 0 spiro atoms. The number of carbonyl (C=O) groups excluding carboxylic acids is 4. The molecule has 0 saturated heterocycles. The molecule has 0 bridgehead atoms. The van der Waals surface area contributed by atoms with E-state index in [1.54, 1.807) is 0 Å². The minimum absolute atomic E-state index is 0.108. The molecule has 0 aliphatic carbocycles. The molecule has 0 aromatic carbocycles. The Hall–Kier alpha value is -1.94. The molecule has 0 heterocycles. The monoisotopic (exact) mass is 1580 g/mol. The molecule has 0 rings (SSSR count). The van der Waals surface area contributed by atoms with Gasteiger partial charge in [0, 0.05) is 25.7 Å². The highest BCUT2D eigenvalue weighted by Gasteiger charge is 2.31. The zero-order chi connectivity index (χ0) is 79.0. The average Bonchev–Trinajstić information content (AvgIpc) is 0.901. The van der Waals surface area contributed by atoms with E-state index in [1.165, 1.54) is 308 Å². The third-order valence-electron chi connectivity index (χ3n) is 21.4. The van der Waals surface area contributed by atoms with Crippen LogP contribution in [0.15, 0.2) is 0 Å². The summed E-state index contributed by atoms with van der Waals surface area (Å²) in [6.45, 7) is 7.39. The van der Waals surface area contributed by atoms with Gasteiger partial charge in [-0.3, -0.25) is 37.3 Å². The van der Waals surface area contributed by atoms with Crippen LogP contribution in [0.4, 0.5) is 0 Å². The molecule has 17 nitrogen and oxygen atoms in total. The minimum atomic E-state index is -4.97. The second-order valence-electron chi connectivity index (χ2n) is 32.2. The van der Waals surface area contributed by atoms with E-state index < -0.39 is 97.5 Å². The quantitative estimate of drug-likeness (QED) is 0.0222. The molecule has 642 valence electrons. The minimum Gasteiger partial charge on any atom is -0.462 e. The molecule has 0 aliphatic heterocycles. The average molecular weight is 1580 g/mol. The first-order valence-corrected chi connectivity index (χ1v) is 49.2. The third kappa shape index (κ3) is 80.7. The van der Waals surface area contributed by atoms with Gasteiger partial charge in [-0.05, 0) is 31.6 Å². The highest BCUT2D eigenvalue weighted by molar-refractivity contribution is 7.47. The fourth-order valence-corrected chi connectivity index (χ4v) is 15.5. The van der Waals surface area contributed by atoms with E-state index in [0.717, 1.165) is 95.8 Å². The van der Waals surface area contributed by atoms with Crippen LogP contribution in [-0.4, -0.2) is 96.7 Å². The molecular weight excluding hydrogens is 1400 g/mol. The summed E-state index contributed by atoms with van der Waals surface area (Å²) in [5, 5.41) is 10.7.